The summed E-state index contributed by atoms with van der Waals surface area (Å²) in [6, 6.07) is 30.4. The summed E-state index contributed by atoms with van der Waals surface area (Å²) in [6.07, 6.45) is 5.82. The lowest BCUT2D eigenvalue weighted by Crippen LogP contribution is -2.48. The van der Waals surface area contributed by atoms with Crippen molar-refractivity contribution < 1.29 is 23.2 Å². The maximum Gasteiger partial charge on any atom is 0.275 e. The van der Waals surface area contributed by atoms with Gasteiger partial charge in [-0.2, -0.15) is 0 Å². The number of alkyl halides is 2. The second-order valence-electron chi connectivity index (χ2n) is 13.6. The average molecular weight is 689 g/mol. The van der Waals surface area contributed by atoms with Crippen LogP contribution in [0.3, 0.4) is 0 Å². The molecule has 3 aliphatic rings. The molecule has 0 aliphatic carbocycles. The number of nitrogens with zero attached hydrogens (tertiary/aromatic N) is 3. The van der Waals surface area contributed by atoms with E-state index >= 15 is 8.78 Å². The van der Waals surface area contributed by atoms with Crippen molar-refractivity contribution in [1.29, 1.82) is 0 Å². The highest BCUT2D eigenvalue weighted by molar-refractivity contribution is 6.11. The van der Waals surface area contributed by atoms with Crippen LogP contribution in [0.1, 0.15) is 64.8 Å². The first kappa shape index (κ1) is 34.3. The number of amides is 3. The maximum absolute atomic E-state index is 15.9. The lowest BCUT2D eigenvalue weighted by atomic mass is 9.96. The Hall–Kier alpha value is -5.15. The molecule has 7 rings (SSSR count). The van der Waals surface area contributed by atoms with Crippen LogP contribution in [0.25, 0.3) is 16.7 Å². The molecule has 3 amide bonds. The number of nitrogens with one attached hydrogen (secondary N) is 1. The maximum atomic E-state index is 15.9. The molecular weight excluding hydrogens is 646 g/mol. The molecule has 0 unspecified atom stereocenters. The van der Waals surface area contributed by atoms with E-state index in [0.29, 0.717) is 36.1 Å². The number of hydrogen-bond acceptors (Lipinski definition) is 4. The van der Waals surface area contributed by atoms with E-state index in [1.165, 1.54) is 24.2 Å². The van der Waals surface area contributed by atoms with Crippen molar-refractivity contribution >= 4 is 34.7 Å². The van der Waals surface area contributed by atoms with E-state index in [1.807, 2.05) is 42.5 Å². The molecule has 3 heterocycles. The minimum Gasteiger partial charge on any atom is -0.339 e. The van der Waals surface area contributed by atoms with Crippen LogP contribution < -0.4 is 10.2 Å². The van der Waals surface area contributed by atoms with E-state index in [1.54, 1.807) is 65.6 Å². The molecule has 4 aromatic carbocycles. The molecular formula is C42H42F2N4O3. The van der Waals surface area contributed by atoms with E-state index in [0.717, 1.165) is 43.1 Å². The Morgan fingerprint density at radius 1 is 0.706 bits per heavy atom. The van der Waals surface area contributed by atoms with Crippen molar-refractivity contribution in [2.24, 2.45) is 0 Å². The molecule has 1 N–H and O–H groups in total. The molecule has 0 bridgehead atoms. The monoisotopic (exact) mass is 688 g/mol. The smallest absolute Gasteiger partial charge is 0.275 e. The number of hydrogen-bond donors (Lipinski definition) is 1. The summed E-state index contributed by atoms with van der Waals surface area (Å²) < 4.78 is 31.8. The molecule has 3 aliphatic heterocycles. The van der Waals surface area contributed by atoms with Gasteiger partial charge < -0.3 is 20.0 Å². The van der Waals surface area contributed by atoms with Gasteiger partial charge in [-0.15, -0.1) is 0 Å². The van der Waals surface area contributed by atoms with Crippen molar-refractivity contribution in [3.8, 4) is 11.1 Å². The molecule has 2 saturated heterocycles. The third kappa shape index (κ3) is 7.49. The Bertz CT molecular complexity index is 1910. The largest absolute Gasteiger partial charge is 0.339 e. The SMILES string of the molecule is O=C(Nc1ccc(C(=O)N2CCC(F)(F)/C(=C\C(=O)N3CCC(N4CCCCC4)CC3)c3ccccc32)cc1)c1ccccc1-c1ccccc1. The van der Waals surface area contributed by atoms with E-state index in [-0.39, 0.29) is 29.2 Å². The number of carbonyl (C=O) groups is 3. The van der Waals surface area contributed by atoms with E-state index < -0.39 is 24.2 Å². The first-order chi connectivity index (χ1) is 24.8. The van der Waals surface area contributed by atoms with Gasteiger partial charge >= 0.3 is 0 Å². The third-order valence-corrected chi connectivity index (χ3v) is 10.4. The lowest BCUT2D eigenvalue weighted by Gasteiger charge is -2.40. The Labute approximate surface area is 297 Å². The minimum absolute atomic E-state index is 0.172. The fourth-order valence-electron chi connectivity index (χ4n) is 7.59. The van der Waals surface area contributed by atoms with Crippen LogP contribution in [0.15, 0.2) is 109 Å². The number of likely N-dealkylation sites (tertiary alicyclic amines) is 2. The fourth-order valence-corrected chi connectivity index (χ4v) is 7.59. The molecule has 7 nitrogen and oxygen atoms in total. The Morgan fingerprint density at radius 2 is 1.35 bits per heavy atom. The van der Waals surface area contributed by atoms with Gasteiger partial charge in [-0.3, -0.25) is 14.4 Å². The predicted octanol–water partition coefficient (Wildman–Crippen LogP) is 8.15. The summed E-state index contributed by atoms with van der Waals surface area (Å²) in [7, 11) is 0. The van der Waals surface area contributed by atoms with Gasteiger partial charge in [0.15, 0.2) is 0 Å². The second kappa shape index (κ2) is 15.0. The number of halogens is 2. The lowest BCUT2D eigenvalue weighted by molar-refractivity contribution is -0.127. The number of rotatable bonds is 6. The van der Waals surface area contributed by atoms with Crippen molar-refractivity contribution in [2.75, 3.05) is 42.9 Å². The number of para-hydroxylation sites is 1. The zero-order valence-electron chi connectivity index (χ0n) is 28.6. The van der Waals surface area contributed by atoms with Gasteiger partial charge in [0.25, 0.3) is 17.7 Å². The highest BCUT2D eigenvalue weighted by Crippen LogP contribution is 2.43. The van der Waals surface area contributed by atoms with Crippen LogP contribution in [-0.4, -0.2) is 72.2 Å². The standard InChI is InChI=1S/C42H42F2N4O3/c43-42(44)23-28-48(38-16-8-7-15-36(38)37(42)29-39(49)47-26-21-33(22-27-47)46-24-9-2-10-25-46)41(51)31-17-19-32(20-18-31)45-40(50)35-14-6-5-13-34(35)30-11-3-1-4-12-30/h1,3-8,11-20,29,33H,2,9-10,21-28H2,(H,45,50)/b37-29-. The van der Waals surface area contributed by atoms with Gasteiger partial charge in [-0.25, -0.2) is 8.78 Å². The predicted molar refractivity (Wildman–Crippen MR) is 197 cm³/mol. The normalized spacial score (nSPS) is 18.9. The van der Waals surface area contributed by atoms with Crippen molar-refractivity contribution in [2.45, 2.75) is 50.5 Å². The molecule has 4 aromatic rings. The van der Waals surface area contributed by atoms with Crippen molar-refractivity contribution in [1.82, 2.24) is 9.80 Å². The number of anilines is 2. The molecule has 262 valence electrons. The van der Waals surface area contributed by atoms with Gasteiger partial charge in [0.1, 0.15) is 0 Å². The molecule has 0 aromatic heterocycles. The van der Waals surface area contributed by atoms with Crippen LogP contribution in [0.5, 0.6) is 0 Å². The average Bonchev–Trinajstić information content (AvgIpc) is 3.28. The van der Waals surface area contributed by atoms with Crippen LogP contribution in [0.2, 0.25) is 0 Å². The summed E-state index contributed by atoms with van der Waals surface area (Å²) in [5, 5.41) is 2.91. The number of carbonyl (C=O) groups excluding carboxylic acids is 3. The Kier molecular flexibility index (Phi) is 10.1. The van der Waals surface area contributed by atoms with Gasteiger partial charge in [-0.05, 0) is 86.3 Å². The van der Waals surface area contributed by atoms with Gasteiger partial charge in [0, 0.05) is 66.1 Å². The molecule has 9 heteroatoms. The number of benzene rings is 4. The zero-order valence-corrected chi connectivity index (χ0v) is 28.6. The highest BCUT2D eigenvalue weighted by Gasteiger charge is 2.42. The topological polar surface area (TPSA) is 73.0 Å². The summed E-state index contributed by atoms with van der Waals surface area (Å²) in [6.45, 7) is 3.02. The van der Waals surface area contributed by atoms with Crippen LogP contribution >= 0.6 is 0 Å². The Morgan fingerprint density at radius 3 is 2.08 bits per heavy atom. The zero-order chi connectivity index (χ0) is 35.4. The molecule has 0 atom stereocenters. The summed E-state index contributed by atoms with van der Waals surface area (Å²) in [5.41, 5.74) is 3.15. The molecule has 0 spiro atoms. The van der Waals surface area contributed by atoms with E-state index in [2.05, 4.69) is 10.2 Å². The molecule has 2 fully saturated rings. The second-order valence-corrected chi connectivity index (χ2v) is 13.6. The molecule has 51 heavy (non-hydrogen) atoms. The Balaban J connectivity index is 1.07. The number of fused-ring (bicyclic) bond motifs is 1. The first-order valence-electron chi connectivity index (χ1n) is 17.9. The minimum atomic E-state index is -3.32. The fraction of sp³-hybridized carbons (Fsp3) is 0.310. The molecule has 0 radical (unpaired) electrons. The van der Waals surface area contributed by atoms with Crippen LogP contribution in [0, 0.1) is 0 Å². The van der Waals surface area contributed by atoms with Gasteiger partial charge in [0.05, 0.1) is 5.69 Å². The summed E-state index contributed by atoms with van der Waals surface area (Å²) >= 11 is 0. The third-order valence-electron chi connectivity index (χ3n) is 10.4. The first-order valence-corrected chi connectivity index (χ1v) is 17.9. The van der Waals surface area contributed by atoms with Gasteiger partial charge in [-0.1, -0.05) is 73.2 Å². The van der Waals surface area contributed by atoms with Crippen molar-refractivity contribution in [3.63, 3.8) is 0 Å². The number of allylic oxidation sites excluding steroid dienone is 1. The summed E-state index contributed by atoms with van der Waals surface area (Å²) in [4.78, 5) is 46.3. The van der Waals surface area contributed by atoms with Crippen LogP contribution in [-0.2, 0) is 4.79 Å². The quantitative estimate of drug-likeness (QED) is 0.208. The van der Waals surface area contributed by atoms with Crippen LogP contribution in [0.4, 0.5) is 20.2 Å². The van der Waals surface area contributed by atoms with E-state index in [4.69, 9.17) is 0 Å². The molecule has 0 saturated carbocycles. The van der Waals surface area contributed by atoms with E-state index in [9.17, 15) is 14.4 Å². The van der Waals surface area contributed by atoms with Crippen molar-refractivity contribution in [3.05, 3.63) is 126 Å². The number of piperidine rings is 2. The van der Waals surface area contributed by atoms with Gasteiger partial charge in [0.2, 0.25) is 5.91 Å². The highest BCUT2D eigenvalue weighted by atomic mass is 19.3. The summed E-state index contributed by atoms with van der Waals surface area (Å²) in [5.74, 6) is -4.48.